The van der Waals surface area contributed by atoms with Crippen molar-refractivity contribution in [1.29, 1.82) is 0 Å². The van der Waals surface area contributed by atoms with E-state index in [0.29, 0.717) is 110 Å². The Morgan fingerprint density at radius 2 is 1.44 bits per heavy atom. The molecule has 4 heterocycles. The molecule has 13 nitrogen and oxygen atoms in total. The Bertz CT molecular complexity index is 3470. The van der Waals surface area contributed by atoms with Gasteiger partial charge in [0, 0.05) is 82.5 Å². The van der Waals surface area contributed by atoms with Gasteiger partial charge in [-0.15, -0.1) is 11.8 Å². The Labute approximate surface area is 468 Å². The van der Waals surface area contributed by atoms with E-state index in [9.17, 15) is 39.9 Å². The molecule has 5 aromatic carbocycles. The minimum atomic E-state index is -5.93. The number of aromatic nitrogens is 1. The summed E-state index contributed by atoms with van der Waals surface area (Å²) in [5.41, 5.74) is -1.11. The Morgan fingerprint density at radius 1 is 0.810 bits per heavy atom. The number of piperazine rings is 1. The summed E-state index contributed by atoms with van der Waals surface area (Å²) in [6.07, 6.45) is 2.62. The van der Waals surface area contributed by atoms with E-state index >= 15 is 8.96 Å². The van der Waals surface area contributed by atoms with Crippen molar-refractivity contribution in [3.05, 3.63) is 137 Å². The zero-order chi connectivity index (χ0) is 56.6. The number of hydrogen-bond acceptors (Lipinski definition) is 11. The number of carbonyl (C=O) groups is 1. The van der Waals surface area contributed by atoms with Gasteiger partial charge >= 0.3 is 19.0 Å². The second-order valence-electron chi connectivity index (χ2n) is 20.7. The van der Waals surface area contributed by atoms with E-state index < -0.39 is 55.3 Å². The summed E-state index contributed by atoms with van der Waals surface area (Å²) in [4.78, 5) is 18.0. The van der Waals surface area contributed by atoms with Crippen molar-refractivity contribution in [2.45, 2.75) is 72.7 Å². The molecule has 1 aromatic heterocycles. The van der Waals surface area contributed by atoms with Gasteiger partial charge in [0.05, 0.1) is 39.9 Å². The molecule has 79 heavy (non-hydrogen) atoms. The molecule has 3 aliphatic heterocycles. The molecule has 1 N–H and O–H groups in total. The number of halogens is 5. The number of aliphatic carboxylic acids is 1. The molecule has 6 aromatic rings. The van der Waals surface area contributed by atoms with Crippen molar-refractivity contribution in [2.24, 2.45) is 11.8 Å². The molecule has 3 saturated heterocycles. The van der Waals surface area contributed by atoms with Crippen LogP contribution in [0.5, 0.6) is 0 Å². The number of alkyl halides is 3. The highest BCUT2D eigenvalue weighted by atomic mass is 35.5. The number of sulfone groups is 2. The minimum Gasteiger partial charge on any atom is -0.481 e. The van der Waals surface area contributed by atoms with E-state index in [-0.39, 0.29) is 47.3 Å². The summed E-state index contributed by atoms with van der Waals surface area (Å²) in [7, 11) is -13.9. The largest absolute Gasteiger partial charge is 0.501 e. The van der Waals surface area contributed by atoms with Gasteiger partial charge in [-0.25, -0.2) is 21.2 Å². The van der Waals surface area contributed by atoms with Crippen LogP contribution in [0.2, 0.25) is 5.02 Å². The molecule has 0 saturated carbocycles. The van der Waals surface area contributed by atoms with Gasteiger partial charge in [-0.3, -0.25) is 14.0 Å². The lowest BCUT2D eigenvalue weighted by molar-refractivity contribution is -0.143. The maximum absolute atomic E-state index is 15.9. The summed E-state index contributed by atoms with van der Waals surface area (Å²) < 4.78 is 138. The second-order valence-corrected chi connectivity index (χ2v) is 28.4. The van der Waals surface area contributed by atoms with Crippen LogP contribution in [0.25, 0.3) is 22.4 Å². The number of benzene rings is 5. The first-order valence-corrected chi connectivity index (χ1v) is 32.5. The van der Waals surface area contributed by atoms with Crippen molar-refractivity contribution in [3.8, 4) is 22.4 Å². The molecule has 22 heteroatoms. The van der Waals surface area contributed by atoms with Gasteiger partial charge in [0.2, 0.25) is 0 Å². The first-order chi connectivity index (χ1) is 37.4. The van der Waals surface area contributed by atoms with Crippen LogP contribution in [-0.4, -0.2) is 114 Å². The highest BCUT2D eigenvalue weighted by Gasteiger charge is 2.49. The lowest BCUT2D eigenvalue weighted by atomic mass is 9.95. The molecular formula is C57H63ClF4N5O8PS3. The molecule has 0 bridgehead atoms. The maximum atomic E-state index is 15.9. The van der Waals surface area contributed by atoms with Crippen molar-refractivity contribution in [2.75, 3.05) is 85.4 Å². The molecule has 3 fully saturated rings. The van der Waals surface area contributed by atoms with Crippen LogP contribution in [0.4, 0.5) is 34.6 Å². The maximum Gasteiger partial charge on any atom is 0.501 e. The monoisotopic (exact) mass is 1180 g/mol. The van der Waals surface area contributed by atoms with E-state index in [1.807, 2.05) is 84.0 Å². The Balaban J connectivity index is 0.934. The molecule has 422 valence electrons. The highest BCUT2D eigenvalue weighted by Crippen LogP contribution is 2.56. The third-order valence-electron chi connectivity index (χ3n) is 15.1. The quantitative estimate of drug-likeness (QED) is 0.0494. The van der Waals surface area contributed by atoms with Crippen LogP contribution in [0.1, 0.15) is 50.4 Å². The van der Waals surface area contributed by atoms with Gasteiger partial charge < -0.3 is 28.9 Å². The van der Waals surface area contributed by atoms with Gasteiger partial charge in [-0.1, -0.05) is 48.0 Å². The average Bonchev–Trinajstić information content (AvgIpc) is 4.17. The van der Waals surface area contributed by atoms with Gasteiger partial charge in [-0.2, -0.15) is 13.2 Å². The number of carboxylic acids is 1. The predicted octanol–water partition coefficient (Wildman–Crippen LogP) is 12.0. The third-order valence-corrected chi connectivity index (χ3v) is 21.9. The van der Waals surface area contributed by atoms with E-state index in [1.165, 1.54) is 40.7 Å². The number of likely N-dealkylation sites (tertiary alicyclic amines) is 1. The fraction of sp³-hybridized carbons (Fsp3) is 0.386. The average molecular weight is 1180 g/mol. The van der Waals surface area contributed by atoms with Crippen molar-refractivity contribution in [1.82, 2.24) is 9.47 Å². The number of thioether (sulfide) groups is 1. The zero-order valence-electron chi connectivity index (χ0n) is 44.2. The van der Waals surface area contributed by atoms with Gasteiger partial charge in [0.25, 0.3) is 9.84 Å². The number of hydrogen-bond donors (Lipinski definition) is 1. The van der Waals surface area contributed by atoms with Gasteiger partial charge in [0.1, 0.15) is 5.82 Å². The molecular weight excluding hydrogens is 1120 g/mol. The summed E-state index contributed by atoms with van der Waals surface area (Å²) in [5, 5.41) is 9.83. The number of nitrogens with zero attached hydrogens (tertiary/aromatic N) is 5. The molecule has 2 atom stereocenters. The highest BCUT2D eigenvalue weighted by molar-refractivity contribution is 7.99. The number of piperidine rings is 1. The van der Waals surface area contributed by atoms with Gasteiger partial charge in [0.15, 0.2) is 9.84 Å². The van der Waals surface area contributed by atoms with E-state index in [4.69, 9.17) is 16.1 Å². The summed E-state index contributed by atoms with van der Waals surface area (Å²) >= 11 is 7.78. The fourth-order valence-corrected chi connectivity index (χ4v) is 16.9. The van der Waals surface area contributed by atoms with Crippen LogP contribution in [0.3, 0.4) is 0 Å². The zero-order valence-corrected chi connectivity index (χ0v) is 48.3. The summed E-state index contributed by atoms with van der Waals surface area (Å²) in [6.45, 7) is 9.44. The number of carboxylic acid groups (broad SMARTS) is 1. The first-order valence-electron chi connectivity index (χ1n) is 26.1. The lowest BCUT2D eigenvalue weighted by Gasteiger charge is -2.37. The lowest BCUT2D eigenvalue weighted by Crippen LogP contribution is -2.46. The number of rotatable bonds is 18. The fourth-order valence-electron chi connectivity index (χ4n) is 11.2. The minimum absolute atomic E-state index is 0.0186. The van der Waals surface area contributed by atoms with Crippen molar-refractivity contribution < 1.29 is 53.4 Å². The van der Waals surface area contributed by atoms with Crippen LogP contribution in [-0.2, 0) is 40.0 Å². The first kappa shape index (κ1) is 58.3. The predicted molar refractivity (Wildman–Crippen MR) is 305 cm³/mol. The Kier molecular flexibility index (Phi) is 17.4. The second kappa shape index (κ2) is 23.6. The van der Waals surface area contributed by atoms with Crippen LogP contribution < -0.4 is 19.8 Å². The Hall–Kier alpha value is -5.34. The molecule has 0 unspecified atom stereocenters. The van der Waals surface area contributed by atoms with Gasteiger partial charge in [-0.05, 0) is 168 Å². The molecule has 0 aliphatic carbocycles. The number of anilines is 3. The standard InChI is InChI=1S/C57H63ClF4N5O8PS3/c1-38(2)67-39(3)55(78(4,71)72)53(54(67)41-10-13-45(58)14-11-41)44-33-46(59)35-49(34-44)65-28-26-64(27-29-65)47-15-17-48(18-16-47)66-30-31-75-76(66,70)50-19-12-43(52(36-50)79(73,74)57(60,61)62)32-40(37-77-51-8-6-5-7-9-51)20-23-63-24-21-42(22-25-63)56(68)69/h5-19,33-36,38,40,42H,20-32,37H2,1-4H3,(H,68,69)/t40-,76-/m0/s1. The summed E-state index contributed by atoms with van der Waals surface area (Å²) in [5.74, 6) is -1.61. The molecule has 0 radical (unpaired) electrons. The normalized spacial score (nSPS) is 18.4. The molecule has 0 spiro atoms. The molecule has 9 rings (SSSR count). The SMILES string of the molecule is Cc1c(S(C)(=O)=O)c(-c2cc(F)cc(N3CCN(c4ccc(N5CCO[P@@]5(=O)c5ccc(C[C@H](CCN6CCC(C(=O)O)CC6)CSc6ccccc6)c(S(=O)(=O)C(F)(F)F)c5)cc4)CC3)c2)c(-c2ccc(Cl)cc2)n1C(C)C. The van der Waals surface area contributed by atoms with Crippen LogP contribution >= 0.6 is 30.9 Å². The smallest absolute Gasteiger partial charge is 0.481 e. The van der Waals surface area contributed by atoms with Crippen LogP contribution in [0.15, 0.2) is 130 Å². The van der Waals surface area contributed by atoms with Crippen molar-refractivity contribution >= 4 is 78.9 Å². The van der Waals surface area contributed by atoms with E-state index in [0.717, 1.165) is 28.5 Å². The van der Waals surface area contributed by atoms with Crippen molar-refractivity contribution in [3.63, 3.8) is 0 Å². The molecule has 0 amide bonds. The van der Waals surface area contributed by atoms with Crippen LogP contribution in [0, 0.1) is 24.6 Å². The molecule has 3 aliphatic rings. The topological polar surface area (TPSA) is 150 Å². The Morgan fingerprint density at radius 3 is 2.05 bits per heavy atom. The summed E-state index contributed by atoms with van der Waals surface area (Å²) in [6, 6.07) is 31.9. The third kappa shape index (κ3) is 12.6. The van der Waals surface area contributed by atoms with E-state index in [1.54, 1.807) is 31.2 Å². The van der Waals surface area contributed by atoms with E-state index in [2.05, 4.69) is 9.80 Å².